The molecule has 3 aromatic rings. The molecule has 3 aromatic carbocycles. The zero-order valence-corrected chi connectivity index (χ0v) is 15.9. The van der Waals surface area contributed by atoms with Crippen molar-refractivity contribution in [3.8, 4) is 5.75 Å². The Kier molecular flexibility index (Phi) is 7.39. The van der Waals surface area contributed by atoms with E-state index in [1.54, 1.807) is 36.4 Å². The lowest BCUT2D eigenvalue weighted by Gasteiger charge is -2.01. The summed E-state index contributed by atoms with van der Waals surface area (Å²) in [5.41, 5.74) is 2.45. The Morgan fingerprint density at radius 2 is 1.43 bits per heavy atom. The number of nitrogen functional groups attached to an aromatic ring is 1. The molecule has 0 aliphatic carbocycles. The van der Waals surface area contributed by atoms with Gasteiger partial charge in [-0.25, -0.2) is 0 Å². The van der Waals surface area contributed by atoms with Crippen molar-refractivity contribution < 1.29 is 19.7 Å². The van der Waals surface area contributed by atoms with Crippen LogP contribution in [0.4, 0.5) is 17.1 Å². The number of non-ortho nitro benzene ring substituents is 1. The van der Waals surface area contributed by atoms with Gasteiger partial charge >= 0.3 is 5.69 Å². The van der Waals surface area contributed by atoms with Gasteiger partial charge in [-0.15, -0.1) is 0 Å². The maximum absolute atomic E-state index is 11.9. The number of anilines is 1. The standard InChI is InChI=1S/C13H9ClO2.C6H6N4O4/c14-11-5-1-9(2-6-11)13(16)10-3-7-12(15)8-4-10;7-8-5-2-1-4(9(11)12)3-6(5)10(13)14/h1-8,15H;1-3,8H,7H2. The Labute approximate surface area is 174 Å². The van der Waals surface area contributed by atoms with Crippen LogP contribution in [0.25, 0.3) is 0 Å². The second-order valence-electron chi connectivity index (χ2n) is 5.74. The fourth-order valence-electron chi connectivity index (χ4n) is 2.29. The van der Waals surface area contributed by atoms with E-state index in [-0.39, 0.29) is 22.9 Å². The van der Waals surface area contributed by atoms with Crippen LogP contribution < -0.4 is 11.3 Å². The number of benzene rings is 3. The molecule has 10 nitrogen and oxygen atoms in total. The average molecular weight is 431 g/mol. The summed E-state index contributed by atoms with van der Waals surface area (Å²) in [5, 5.41) is 30.5. The molecule has 11 heteroatoms. The van der Waals surface area contributed by atoms with Crippen LogP contribution in [-0.2, 0) is 0 Å². The molecule has 0 fully saturated rings. The summed E-state index contributed by atoms with van der Waals surface area (Å²) in [6, 6.07) is 16.0. The van der Waals surface area contributed by atoms with Crippen LogP contribution in [0.1, 0.15) is 15.9 Å². The Balaban J connectivity index is 0.000000216. The molecular weight excluding hydrogens is 416 g/mol. The van der Waals surface area contributed by atoms with E-state index in [2.05, 4.69) is 5.43 Å². The lowest BCUT2D eigenvalue weighted by molar-refractivity contribution is -0.393. The number of halogens is 1. The molecule has 0 atom stereocenters. The van der Waals surface area contributed by atoms with Gasteiger partial charge in [-0.2, -0.15) is 0 Å². The number of nitrogens with zero attached hydrogens (tertiary/aromatic N) is 2. The van der Waals surface area contributed by atoms with E-state index in [1.807, 2.05) is 0 Å². The van der Waals surface area contributed by atoms with E-state index in [0.29, 0.717) is 16.1 Å². The van der Waals surface area contributed by atoms with Crippen LogP contribution in [0.2, 0.25) is 5.02 Å². The quantitative estimate of drug-likeness (QED) is 0.236. The number of nitro groups is 2. The van der Waals surface area contributed by atoms with Crippen LogP contribution in [0.15, 0.2) is 66.7 Å². The highest BCUT2D eigenvalue weighted by Gasteiger charge is 2.18. The van der Waals surface area contributed by atoms with E-state index in [0.717, 1.165) is 12.1 Å². The average Bonchev–Trinajstić information content (AvgIpc) is 2.74. The van der Waals surface area contributed by atoms with Crippen LogP contribution in [-0.4, -0.2) is 20.7 Å². The summed E-state index contributed by atoms with van der Waals surface area (Å²) in [6.07, 6.45) is 0. The minimum absolute atomic E-state index is 0.0283. The number of aromatic hydroxyl groups is 1. The van der Waals surface area contributed by atoms with Gasteiger partial charge in [-0.3, -0.25) is 30.9 Å². The molecule has 154 valence electrons. The number of carbonyl (C=O) groups excluding carboxylic acids is 1. The highest BCUT2D eigenvalue weighted by Crippen LogP contribution is 2.27. The lowest BCUT2D eigenvalue weighted by Crippen LogP contribution is -2.09. The zero-order valence-electron chi connectivity index (χ0n) is 15.2. The molecule has 4 N–H and O–H groups in total. The number of ketones is 1. The highest BCUT2D eigenvalue weighted by atomic mass is 35.5. The minimum Gasteiger partial charge on any atom is -0.508 e. The van der Waals surface area contributed by atoms with E-state index in [9.17, 15) is 25.0 Å². The van der Waals surface area contributed by atoms with Crippen LogP contribution in [0.3, 0.4) is 0 Å². The van der Waals surface area contributed by atoms with Gasteiger partial charge < -0.3 is 10.5 Å². The molecule has 0 unspecified atom stereocenters. The van der Waals surface area contributed by atoms with Gasteiger partial charge in [-0.1, -0.05) is 11.6 Å². The van der Waals surface area contributed by atoms with Gasteiger partial charge in [-0.05, 0) is 54.6 Å². The Hall–Kier alpha value is -4.02. The second kappa shape index (κ2) is 9.96. The van der Waals surface area contributed by atoms with Crippen molar-refractivity contribution in [2.75, 3.05) is 5.43 Å². The number of rotatable bonds is 5. The van der Waals surface area contributed by atoms with Crippen molar-refractivity contribution in [1.82, 2.24) is 0 Å². The predicted molar refractivity (Wildman–Crippen MR) is 111 cm³/mol. The van der Waals surface area contributed by atoms with Gasteiger partial charge in [0.1, 0.15) is 11.4 Å². The molecular formula is C19H15ClN4O6. The predicted octanol–water partition coefficient (Wildman–Crippen LogP) is 4.07. The maximum atomic E-state index is 11.9. The Morgan fingerprint density at radius 1 is 0.900 bits per heavy atom. The largest absolute Gasteiger partial charge is 0.508 e. The maximum Gasteiger partial charge on any atom is 0.300 e. The third kappa shape index (κ3) is 5.74. The van der Waals surface area contributed by atoms with E-state index in [4.69, 9.17) is 22.6 Å². The minimum atomic E-state index is -0.748. The number of hydrogen-bond donors (Lipinski definition) is 3. The van der Waals surface area contributed by atoms with Crippen molar-refractivity contribution in [1.29, 1.82) is 0 Å². The van der Waals surface area contributed by atoms with Crippen LogP contribution in [0.5, 0.6) is 5.75 Å². The summed E-state index contributed by atoms with van der Waals surface area (Å²) in [5.74, 6) is 5.05. The van der Waals surface area contributed by atoms with E-state index in [1.165, 1.54) is 18.2 Å². The van der Waals surface area contributed by atoms with Gasteiger partial charge in [0.25, 0.3) is 5.69 Å². The van der Waals surface area contributed by atoms with Gasteiger partial charge in [0.05, 0.1) is 15.9 Å². The van der Waals surface area contributed by atoms with Crippen LogP contribution in [0, 0.1) is 20.2 Å². The number of nitro benzene ring substituents is 2. The van der Waals surface area contributed by atoms with Crippen LogP contribution >= 0.6 is 11.6 Å². The molecule has 0 saturated heterocycles. The van der Waals surface area contributed by atoms with Crippen molar-refractivity contribution >= 4 is 34.4 Å². The molecule has 0 spiro atoms. The summed E-state index contributed by atoms with van der Waals surface area (Å²) in [6.45, 7) is 0. The zero-order chi connectivity index (χ0) is 22.3. The fourth-order valence-corrected chi connectivity index (χ4v) is 2.41. The van der Waals surface area contributed by atoms with E-state index < -0.39 is 15.5 Å². The first-order chi connectivity index (χ1) is 14.2. The normalized spacial score (nSPS) is 9.80. The summed E-state index contributed by atoms with van der Waals surface area (Å²) >= 11 is 5.74. The number of phenolic OH excluding ortho intramolecular Hbond substituents is 1. The summed E-state index contributed by atoms with van der Waals surface area (Å²) in [4.78, 5) is 31.2. The third-order valence-corrected chi connectivity index (χ3v) is 4.03. The first kappa shape index (κ1) is 22.3. The molecule has 0 heterocycles. The van der Waals surface area contributed by atoms with Crippen molar-refractivity contribution in [3.05, 3.63) is 103 Å². The van der Waals surface area contributed by atoms with Gasteiger partial charge in [0.2, 0.25) is 0 Å². The highest BCUT2D eigenvalue weighted by molar-refractivity contribution is 6.30. The number of carbonyl (C=O) groups is 1. The Bertz CT molecular complexity index is 1020. The monoisotopic (exact) mass is 430 g/mol. The molecule has 0 aromatic heterocycles. The topological polar surface area (TPSA) is 162 Å². The number of phenols is 1. The molecule has 30 heavy (non-hydrogen) atoms. The number of nitrogens with two attached hydrogens (primary N) is 1. The van der Waals surface area contributed by atoms with E-state index >= 15 is 0 Å². The smallest absolute Gasteiger partial charge is 0.300 e. The molecule has 0 amide bonds. The van der Waals surface area contributed by atoms with Gasteiger partial charge in [0, 0.05) is 22.2 Å². The third-order valence-electron chi connectivity index (χ3n) is 3.78. The van der Waals surface area contributed by atoms with Gasteiger partial charge in [0.15, 0.2) is 5.78 Å². The SMILES string of the molecule is NNc1ccc([N+](=O)[O-])cc1[N+](=O)[O-].O=C(c1ccc(O)cc1)c1ccc(Cl)cc1. The molecule has 0 aliphatic rings. The first-order valence-corrected chi connectivity index (χ1v) is 8.59. The molecule has 3 rings (SSSR count). The number of hydrazine groups is 1. The summed E-state index contributed by atoms with van der Waals surface area (Å²) in [7, 11) is 0. The molecule has 0 saturated carbocycles. The van der Waals surface area contributed by atoms with Crippen molar-refractivity contribution in [2.24, 2.45) is 5.84 Å². The van der Waals surface area contributed by atoms with Crippen molar-refractivity contribution in [3.63, 3.8) is 0 Å². The molecule has 0 radical (unpaired) electrons. The molecule has 0 aliphatic heterocycles. The number of hydrogen-bond acceptors (Lipinski definition) is 8. The Morgan fingerprint density at radius 3 is 1.90 bits per heavy atom. The fraction of sp³-hybridized carbons (Fsp3) is 0. The first-order valence-electron chi connectivity index (χ1n) is 8.21. The lowest BCUT2D eigenvalue weighted by atomic mass is 10.0. The summed E-state index contributed by atoms with van der Waals surface area (Å²) < 4.78 is 0. The second-order valence-corrected chi connectivity index (χ2v) is 6.18. The molecule has 0 bridgehead atoms. The number of nitrogens with one attached hydrogen (secondary N) is 1. The van der Waals surface area contributed by atoms with Crippen molar-refractivity contribution in [2.45, 2.75) is 0 Å².